The molecule has 0 spiro atoms. The van der Waals surface area contributed by atoms with Gasteiger partial charge >= 0.3 is 6.18 Å². The second kappa shape index (κ2) is 6.97. The van der Waals surface area contributed by atoms with E-state index in [1.54, 1.807) is 18.2 Å². The highest BCUT2D eigenvalue weighted by atomic mass is 19.4. The number of hydrogen-bond donors (Lipinski definition) is 1. The number of rotatable bonds is 4. The number of nitrogens with one attached hydrogen (secondary N) is 1. The zero-order valence-electron chi connectivity index (χ0n) is 12.0. The minimum atomic E-state index is -4.53. The fraction of sp³-hybridized carbons (Fsp3) is 0.176. The maximum Gasteiger partial charge on any atom is 0.396 e. The van der Waals surface area contributed by atoms with E-state index in [4.69, 9.17) is 5.26 Å². The summed E-state index contributed by atoms with van der Waals surface area (Å²) in [5.41, 5.74) is 0.432. The largest absolute Gasteiger partial charge is 0.396 e. The molecule has 0 bridgehead atoms. The third-order valence-electron chi connectivity index (χ3n) is 3.31. The van der Waals surface area contributed by atoms with Crippen LogP contribution in [0.5, 0.6) is 0 Å². The van der Waals surface area contributed by atoms with Gasteiger partial charge in [0.25, 0.3) is 0 Å². The number of hydrogen-bond acceptors (Lipinski definition) is 2. The highest BCUT2D eigenvalue weighted by Gasteiger charge is 2.41. The molecule has 1 N–H and O–H groups in total. The lowest BCUT2D eigenvalue weighted by atomic mass is 9.94. The molecular formula is C17H13F3N2O. The molecule has 118 valence electrons. The van der Waals surface area contributed by atoms with E-state index in [2.05, 4.69) is 5.32 Å². The SMILES string of the molecule is N#Cc1ccccc1NC(=O)CC(c1ccccc1)C(F)(F)F. The third kappa shape index (κ3) is 4.33. The molecule has 0 aromatic heterocycles. The van der Waals surface area contributed by atoms with Crippen molar-refractivity contribution < 1.29 is 18.0 Å². The minimum Gasteiger partial charge on any atom is -0.325 e. The number of carbonyl (C=O) groups is 1. The maximum atomic E-state index is 13.2. The van der Waals surface area contributed by atoms with Gasteiger partial charge in [0.05, 0.1) is 17.2 Å². The first kappa shape index (κ1) is 16.6. The van der Waals surface area contributed by atoms with Gasteiger partial charge in [0.2, 0.25) is 5.91 Å². The summed E-state index contributed by atoms with van der Waals surface area (Å²) >= 11 is 0. The highest BCUT2D eigenvalue weighted by Crippen LogP contribution is 2.37. The van der Waals surface area contributed by atoms with E-state index in [0.717, 1.165) is 0 Å². The Bertz CT molecular complexity index is 721. The summed E-state index contributed by atoms with van der Waals surface area (Å²) in [6.45, 7) is 0. The lowest BCUT2D eigenvalue weighted by Crippen LogP contribution is -2.26. The van der Waals surface area contributed by atoms with Crippen molar-refractivity contribution in [2.75, 3.05) is 5.32 Å². The van der Waals surface area contributed by atoms with Crippen molar-refractivity contribution in [1.82, 2.24) is 0 Å². The Hall–Kier alpha value is -2.81. The summed E-state index contributed by atoms with van der Waals surface area (Å²) in [5.74, 6) is -2.68. The Kier molecular flexibility index (Phi) is 5.02. The molecule has 2 aromatic carbocycles. The van der Waals surface area contributed by atoms with Gasteiger partial charge in [-0.25, -0.2) is 0 Å². The molecule has 6 heteroatoms. The number of para-hydroxylation sites is 1. The van der Waals surface area contributed by atoms with Crippen molar-refractivity contribution in [1.29, 1.82) is 5.26 Å². The number of carbonyl (C=O) groups excluding carboxylic acids is 1. The third-order valence-corrected chi connectivity index (χ3v) is 3.31. The monoisotopic (exact) mass is 318 g/mol. The molecule has 1 atom stereocenters. The number of halogens is 3. The molecule has 3 nitrogen and oxygen atoms in total. The van der Waals surface area contributed by atoms with Crippen molar-refractivity contribution in [3.05, 3.63) is 65.7 Å². The average molecular weight is 318 g/mol. The van der Waals surface area contributed by atoms with Gasteiger partial charge in [0, 0.05) is 6.42 Å². The van der Waals surface area contributed by atoms with Crippen LogP contribution in [-0.2, 0) is 4.79 Å². The molecule has 1 amide bonds. The Morgan fingerprint density at radius 3 is 2.30 bits per heavy atom. The zero-order chi connectivity index (χ0) is 16.9. The normalized spacial score (nSPS) is 12.3. The smallest absolute Gasteiger partial charge is 0.325 e. The van der Waals surface area contributed by atoms with Gasteiger partial charge in [-0.1, -0.05) is 42.5 Å². The molecule has 0 radical (unpaired) electrons. The first-order valence-corrected chi connectivity index (χ1v) is 6.82. The molecule has 0 fully saturated rings. The number of anilines is 1. The molecule has 2 rings (SSSR count). The number of benzene rings is 2. The Balaban J connectivity index is 2.18. The minimum absolute atomic E-state index is 0.0312. The Morgan fingerprint density at radius 1 is 1.09 bits per heavy atom. The zero-order valence-corrected chi connectivity index (χ0v) is 12.0. The van der Waals surface area contributed by atoms with Crippen molar-refractivity contribution >= 4 is 11.6 Å². The van der Waals surface area contributed by atoms with Crippen LogP contribution >= 0.6 is 0 Å². The van der Waals surface area contributed by atoms with Crippen molar-refractivity contribution in [2.24, 2.45) is 0 Å². The standard InChI is InChI=1S/C17H13F3N2O/c18-17(19,20)14(12-6-2-1-3-7-12)10-16(23)22-15-9-5-4-8-13(15)11-21/h1-9,14H,10H2,(H,22,23). The van der Waals surface area contributed by atoms with E-state index >= 15 is 0 Å². The fourth-order valence-electron chi connectivity index (χ4n) is 2.18. The second-order valence-electron chi connectivity index (χ2n) is 4.91. The number of nitriles is 1. The molecule has 23 heavy (non-hydrogen) atoms. The lowest BCUT2D eigenvalue weighted by molar-refractivity contribution is -0.155. The molecule has 0 heterocycles. The molecule has 2 aromatic rings. The van der Waals surface area contributed by atoms with Gasteiger partial charge in [-0.05, 0) is 17.7 Å². The van der Waals surface area contributed by atoms with Crippen LogP contribution in [-0.4, -0.2) is 12.1 Å². The van der Waals surface area contributed by atoms with Crippen molar-refractivity contribution in [3.63, 3.8) is 0 Å². The van der Waals surface area contributed by atoms with E-state index in [1.807, 2.05) is 6.07 Å². The fourth-order valence-corrected chi connectivity index (χ4v) is 2.18. The van der Waals surface area contributed by atoms with Gasteiger partial charge in [-0.2, -0.15) is 18.4 Å². The lowest BCUT2D eigenvalue weighted by Gasteiger charge is -2.20. The molecule has 0 saturated heterocycles. The van der Waals surface area contributed by atoms with Crippen molar-refractivity contribution in [3.8, 4) is 6.07 Å². The predicted octanol–water partition coefficient (Wildman–Crippen LogP) is 4.23. The van der Waals surface area contributed by atoms with Crippen LogP contribution in [0.2, 0.25) is 0 Å². The van der Waals surface area contributed by atoms with Crippen LogP contribution in [0.15, 0.2) is 54.6 Å². The number of amides is 1. The predicted molar refractivity (Wildman–Crippen MR) is 79.6 cm³/mol. The van der Waals surface area contributed by atoms with E-state index < -0.39 is 24.4 Å². The van der Waals surface area contributed by atoms with Gasteiger partial charge in [0.1, 0.15) is 6.07 Å². The van der Waals surface area contributed by atoms with Gasteiger partial charge in [-0.3, -0.25) is 4.79 Å². The molecule has 0 saturated carbocycles. The molecule has 0 aliphatic heterocycles. The second-order valence-corrected chi connectivity index (χ2v) is 4.91. The summed E-state index contributed by atoms with van der Waals surface area (Å²) in [6.07, 6.45) is -5.28. The summed E-state index contributed by atoms with van der Waals surface area (Å²) in [4.78, 5) is 12.0. The van der Waals surface area contributed by atoms with E-state index in [9.17, 15) is 18.0 Å². The van der Waals surface area contributed by atoms with Crippen LogP contribution in [0.1, 0.15) is 23.5 Å². The Labute approximate surface area is 131 Å². The van der Waals surface area contributed by atoms with Crippen LogP contribution in [0, 0.1) is 11.3 Å². The summed E-state index contributed by atoms with van der Waals surface area (Å²) in [6, 6.07) is 15.3. The highest BCUT2D eigenvalue weighted by molar-refractivity contribution is 5.92. The van der Waals surface area contributed by atoms with Crippen LogP contribution in [0.3, 0.4) is 0 Å². The van der Waals surface area contributed by atoms with Gasteiger partial charge in [-0.15, -0.1) is 0 Å². The summed E-state index contributed by atoms with van der Waals surface area (Å²) in [5, 5.41) is 11.3. The van der Waals surface area contributed by atoms with Gasteiger partial charge < -0.3 is 5.32 Å². The first-order valence-electron chi connectivity index (χ1n) is 6.82. The molecule has 0 aliphatic carbocycles. The number of nitrogens with zero attached hydrogens (tertiary/aromatic N) is 1. The first-order chi connectivity index (χ1) is 10.9. The molecular weight excluding hydrogens is 305 g/mol. The maximum absolute atomic E-state index is 13.2. The topological polar surface area (TPSA) is 52.9 Å². The average Bonchev–Trinajstić information content (AvgIpc) is 2.53. The molecule has 1 unspecified atom stereocenters. The Morgan fingerprint density at radius 2 is 1.70 bits per heavy atom. The quantitative estimate of drug-likeness (QED) is 0.917. The van der Waals surface area contributed by atoms with Crippen LogP contribution < -0.4 is 5.32 Å². The van der Waals surface area contributed by atoms with Crippen LogP contribution in [0.25, 0.3) is 0 Å². The van der Waals surface area contributed by atoms with E-state index in [-0.39, 0.29) is 16.8 Å². The van der Waals surface area contributed by atoms with Gasteiger partial charge in [0.15, 0.2) is 0 Å². The number of alkyl halides is 3. The summed E-state index contributed by atoms with van der Waals surface area (Å²) < 4.78 is 39.7. The van der Waals surface area contributed by atoms with E-state index in [1.165, 1.54) is 36.4 Å². The summed E-state index contributed by atoms with van der Waals surface area (Å²) in [7, 11) is 0. The molecule has 0 aliphatic rings. The van der Waals surface area contributed by atoms with E-state index in [0.29, 0.717) is 0 Å². The van der Waals surface area contributed by atoms with Crippen LogP contribution in [0.4, 0.5) is 18.9 Å². The van der Waals surface area contributed by atoms with Crippen molar-refractivity contribution in [2.45, 2.75) is 18.5 Å².